The van der Waals surface area contributed by atoms with Crippen molar-refractivity contribution >= 4 is 28.4 Å². The lowest BCUT2D eigenvalue weighted by Crippen LogP contribution is -1.96. The maximum atomic E-state index is 10.8. The summed E-state index contributed by atoms with van der Waals surface area (Å²) in [6.45, 7) is 4.31. The number of rotatable bonds is 6. The van der Waals surface area contributed by atoms with Crippen molar-refractivity contribution in [3.63, 3.8) is 0 Å². The first-order valence-corrected chi connectivity index (χ1v) is 6.46. The molecule has 0 saturated heterocycles. The third-order valence-electron chi connectivity index (χ3n) is 1.60. The highest BCUT2D eigenvalue weighted by Gasteiger charge is 2.07. The van der Waals surface area contributed by atoms with Crippen LogP contribution in [0.15, 0.2) is 5.16 Å². The minimum absolute atomic E-state index is 0.00895. The van der Waals surface area contributed by atoms with E-state index in [1.54, 1.807) is 0 Å². The molecule has 1 aromatic heterocycles. The molecule has 0 unspecified atom stereocenters. The maximum absolute atomic E-state index is 10.8. The summed E-state index contributed by atoms with van der Waals surface area (Å²) in [7, 11) is 0. The van der Waals surface area contributed by atoms with E-state index in [1.807, 2.05) is 0 Å². The van der Waals surface area contributed by atoms with E-state index in [0.29, 0.717) is 17.0 Å². The second kappa shape index (κ2) is 6.79. The Balaban J connectivity index is 2.29. The molecule has 0 bridgehead atoms. The van der Waals surface area contributed by atoms with Gasteiger partial charge in [-0.3, -0.25) is 4.79 Å². The molecule has 0 fully saturated rings. The smallest absolute Gasteiger partial charge is 0.293 e. The lowest BCUT2D eigenvalue weighted by atomic mass is 10.3. The molecule has 0 atom stereocenters. The molecule has 1 heterocycles. The maximum Gasteiger partial charge on any atom is 0.293 e. The molecule has 1 rings (SSSR count). The molecule has 0 aliphatic carbocycles. The fourth-order valence-electron chi connectivity index (χ4n) is 0.937. The number of unbranched alkanes of at least 4 members (excludes halogenated alkanes) is 2. The molecule has 15 heavy (non-hydrogen) atoms. The van der Waals surface area contributed by atoms with Crippen LogP contribution in [0.25, 0.3) is 0 Å². The Morgan fingerprint density at radius 2 is 2.33 bits per heavy atom. The molecule has 0 spiro atoms. The van der Waals surface area contributed by atoms with Crippen LogP contribution in [0.4, 0.5) is 0 Å². The fraction of sp³-hybridized carbons (Fsp3) is 0.667. The van der Waals surface area contributed by atoms with Gasteiger partial charge in [-0.25, -0.2) is 0 Å². The van der Waals surface area contributed by atoms with Gasteiger partial charge in [0.25, 0.3) is 5.19 Å². The third kappa shape index (κ3) is 5.13. The van der Waals surface area contributed by atoms with Gasteiger partial charge in [-0.15, -0.1) is 0 Å². The standard InChI is InChI=1S/C9H14N2O2S2/c1-3-4-5-6-13-9-10-8(11-15-9)14-7(2)12/h3-6H2,1-2H3. The van der Waals surface area contributed by atoms with Crippen molar-refractivity contribution in [2.24, 2.45) is 0 Å². The summed E-state index contributed by atoms with van der Waals surface area (Å²) in [4.78, 5) is 14.8. The van der Waals surface area contributed by atoms with Crippen molar-refractivity contribution in [2.75, 3.05) is 6.61 Å². The number of aromatic nitrogens is 2. The highest BCUT2D eigenvalue weighted by atomic mass is 32.2. The van der Waals surface area contributed by atoms with E-state index in [1.165, 1.54) is 24.9 Å². The molecule has 0 saturated carbocycles. The Hall–Kier alpha value is -0.620. The first-order valence-electron chi connectivity index (χ1n) is 4.87. The number of carbonyl (C=O) groups is 1. The summed E-state index contributed by atoms with van der Waals surface area (Å²) in [5.74, 6) is 0. The van der Waals surface area contributed by atoms with E-state index in [2.05, 4.69) is 16.3 Å². The minimum Gasteiger partial charge on any atom is -0.469 e. The molecule has 0 amide bonds. The fourth-order valence-corrected chi connectivity index (χ4v) is 2.10. The molecular formula is C9H14N2O2S2. The number of hydrogen-bond acceptors (Lipinski definition) is 6. The lowest BCUT2D eigenvalue weighted by molar-refractivity contribution is -0.109. The zero-order valence-corrected chi connectivity index (χ0v) is 10.5. The molecule has 6 heteroatoms. The summed E-state index contributed by atoms with van der Waals surface area (Å²) >= 11 is 2.23. The van der Waals surface area contributed by atoms with Gasteiger partial charge in [0, 0.05) is 18.5 Å². The number of nitrogens with zero attached hydrogens (tertiary/aromatic N) is 2. The number of thioether (sulfide) groups is 1. The average molecular weight is 246 g/mol. The molecule has 0 aliphatic rings. The van der Waals surface area contributed by atoms with Gasteiger partial charge in [0.15, 0.2) is 5.12 Å². The van der Waals surface area contributed by atoms with Gasteiger partial charge in [-0.1, -0.05) is 19.8 Å². The van der Waals surface area contributed by atoms with Crippen molar-refractivity contribution in [1.29, 1.82) is 0 Å². The van der Waals surface area contributed by atoms with Gasteiger partial charge in [-0.05, 0) is 18.2 Å². The Morgan fingerprint density at radius 3 is 3.00 bits per heavy atom. The van der Waals surface area contributed by atoms with Gasteiger partial charge < -0.3 is 4.74 Å². The van der Waals surface area contributed by atoms with Crippen molar-refractivity contribution < 1.29 is 9.53 Å². The number of ether oxygens (including phenoxy) is 1. The summed E-state index contributed by atoms with van der Waals surface area (Å²) in [6.07, 6.45) is 3.37. The predicted octanol–water partition coefficient (Wildman–Crippen LogP) is 2.75. The topological polar surface area (TPSA) is 52.1 Å². The lowest BCUT2D eigenvalue weighted by Gasteiger charge is -1.99. The van der Waals surface area contributed by atoms with E-state index in [0.717, 1.165) is 24.6 Å². The van der Waals surface area contributed by atoms with E-state index in [9.17, 15) is 4.79 Å². The second-order valence-electron chi connectivity index (χ2n) is 2.99. The van der Waals surface area contributed by atoms with Crippen molar-refractivity contribution in [2.45, 2.75) is 38.3 Å². The van der Waals surface area contributed by atoms with Crippen LogP contribution in [-0.4, -0.2) is 21.1 Å². The normalized spacial score (nSPS) is 10.3. The molecule has 1 aromatic rings. The van der Waals surface area contributed by atoms with Gasteiger partial charge in [0.1, 0.15) is 0 Å². The first-order chi connectivity index (χ1) is 7.22. The highest BCUT2D eigenvalue weighted by molar-refractivity contribution is 8.13. The zero-order valence-electron chi connectivity index (χ0n) is 8.86. The SMILES string of the molecule is CCCCCOc1nc(SC(C)=O)ns1. The van der Waals surface area contributed by atoms with Crippen molar-refractivity contribution in [3.05, 3.63) is 0 Å². The predicted molar refractivity (Wildman–Crippen MR) is 61.5 cm³/mol. The Labute approximate surface area is 97.6 Å². The van der Waals surface area contributed by atoms with Gasteiger partial charge >= 0.3 is 0 Å². The third-order valence-corrected chi connectivity index (χ3v) is 2.99. The summed E-state index contributed by atoms with van der Waals surface area (Å²) in [6, 6.07) is 0. The molecule has 0 radical (unpaired) electrons. The van der Waals surface area contributed by atoms with E-state index in [-0.39, 0.29) is 5.12 Å². The second-order valence-corrected chi connectivity index (χ2v) is 4.85. The van der Waals surface area contributed by atoms with E-state index < -0.39 is 0 Å². The molecule has 0 aromatic carbocycles. The van der Waals surface area contributed by atoms with Gasteiger partial charge in [-0.2, -0.15) is 9.36 Å². The van der Waals surface area contributed by atoms with Crippen LogP contribution < -0.4 is 4.74 Å². The number of hydrogen-bond donors (Lipinski definition) is 0. The van der Waals surface area contributed by atoms with Crippen LogP contribution in [0, 0.1) is 0 Å². The first kappa shape index (κ1) is 12.4. The average Bonchev–Trinajstić information content (AvgIpc) is 2.59. The van der Waals surface area contributed by atoms with E-state index >= 15 is 0 Å². The number of carbonyl (C=O) groups excluding carboxylic acids is 1. The zero-order chi connectivity index (χ0) is 11.1. The minimum atomic E-state index is -0.00895. The van der Waals surface area contributed by atoms with Crippen molar-refractivity contribution in [1.82, 2.24) is 9.36 Å². The van der Waals surface area contributed by atoms with Crippen LogP contribution >= 0.6 is 23.3 Å². The van der Waals surface area contributed by atoms with Crippen LogP contribution in [0.5, 0.6) is 5.19 Å². The summed E-state index contributed by atoms with van der Waals surface area (Å²) in [5.41, 5.74) is 0. The summed E-state index contributed by atoms with van der Waals surface area (Å²) in [5, 5.41) is 1.03. The van der Waals surface area contributed by atoms with Crippen LogP contribution in [0.1, 0.15) is 33.1 Å². The van der Waals surface area contributed by atoms with Crippen LogP contribution in [0.2, 0.25) is 0 Å². The molecular weight excluding hydrogens is 232 g/mol. The largest absolute Gasteiger partial charge is 0.469 e. The molecule has 0 aliphatic heterocycles. The molecule has 4 nitrogen and oxygen atoms in total. The Bertz CT molecular complexity index is 315. The summed E-state index contributed by atoms with van der Waals surface area (Å²) < 4.78 is 9.39. The van der Waals surface area contributed by atoms with Crippen molar-refractivity contribution in [3.8, 4) is 5.19 Å². The van der Waals surface area contributed by atoms with Crippen LogP contribution in [0.3, 0.4) is 0 Å². The monoisotopic (exact) mass is 246 g/mol. The Morgan fingerprint density at radius 1 is 1.53 bits per heavy atom. The molecule has 84 valence electrons. The highest BCUT2D eigenvalue weighted by Crippen LogP contribution is 2.22. The Kier molecular flexibility index (Phi) is 5.63. The van der Waals surface area contributed by atoms with Crippen LogP contribution in [-0.2, 0) is 4.79 Å². The van der Waals surface area contributed by atoms with E-state index in [4.69, 9.17) is 4.74 Å². The quantitative estimate of drug-likeness (QED) is 0.570. The van der Waals surface area contributed by atoms with Gasteiger partial charge in [0.2, 0.25) is 5.16 Å². The molecule has 0 N–H and O–H groups in total. The van der Waals surface area contributed by atoms with Gasteiger partial charge in [0.05, 0.1) is 6.61 Å².